The average molecular weight is 516 g/mol. The highest BCUT2D eigenvalue weighted by Crippen LogP contribution is 2.23. The Morgan fingerprint density at radius 2 is 2.03 bits per heavy atom. The van der Waals surface area contributed by atoms with Gasteiger partial charge in [0.05, 0.1) is 12.5 Å². The predicted octanol–water partition coefficient (Wildman–Crippen LogP) is 4.81. The molecule has 30 heavy (non-hydrogen) atoms. The summed E-state index contributed by atoms with van der Waals surface area (Å²) in [5, 5.41) is 7.22. The van der Waals surface area contributed by atoms with Crippen LogP contribution in [0.1, 0.15) is 29.9 Å². The van der Waals surface area contributed by atoms with Crippen LogP contribution in [0.25, 0.3) is 11.4 Å². The number of rotatable bonds is 5. The van der Waals surface area contributed by atoms with Gasteiger partial charge in [-0.05, 0) is 79.6 Å². The van der Waals surface area contributed by atoms with E-state index in [1.54, 1.807) is 0 Å². The van der Waals surface area contributed by atoms with Crippen LogP contribution in [-0.4, -0.2) is 34.0 Å². The van der Waals surface area contributed by atoms with Gasteiger partial charge in [-0.2, -0.15) is 4.98 Å². The first-order chi connectivity index (χ1) is 14.5. The van der Waals surface area contributed by atoms with E-state index in [0.29, 0.717) is 24.8 Å². The second kappa shape index (κ2) is 9.26. The van der Waals surface area contributed by atoms with Crippen molar-refractivity contribution in [1.29, 1.82) is 0 Å². The molecular formula is C23H25IN4O2. The van der Waals surface area contributed by atoms with E-state index in [2.05, 4.69) is 49.0 Å². The first-order valence-electron chi connectivity index (χ1n) is 10.2. The minimum Gasteiger partial charge on any atom is -0.338 e. The zero-order chi connectivity index (χ0) is 21.1. The number of carbonyl (C=O) groups excluding carboxylic acids is 1. The summed E-state index contributed by atoms with van der Waals surface area (Å²) in [5.41, 5.74) is 4.11. The molecule has 3 aromatic rings. The van der Waals surface area contributed by atoms with E-state index in [1.807, 2.05) is 50.2 Å². The predicted molar refractivity (Wildman–Crippen MR) is 125 cm³/mol. The van der Waals surface area contributed by atoms with Crippen LogP contribution in [0.3, 0.4) is 0 Å². The number of halogens is 1. The Kier molecular flexibility index (Phi) is 6.48. The molecular weight excluding hydrogens is 491 g/mol. The lowest BCUT2D eigenvalue weighted by molar-refractivity contribution is -0.121. The van der Waals surface area contributed by atoms with Crippen molar-refractivity contribution in [3.05, 3.63) is 63.1 Å². The van der Waals surface area contributed by atoms with Crippen molar-refractivity contribution in [2.45, 2.75) is 33.2 Å². The molecule has 1 aliphatic heterocycles. The fourth-order valence-corrected chi connectivity index (χ4v) is 4.39. The molecule has 0 bridgehead atoms. The fraction of sp³-hybridized carbons (Fsp3) is 0.348. The Bertz CT molecular complexity index is 1030. The molecule has 1 atom stereocenters. The first kappa shape index (κ1) is 21.0. The molecule has 0 saturated carbocycles. The van der Waals surface area contributed by atoms with E-state index in [-0.39, 0.29) is 11.8 Å². The summed E-state index contributed by atoms with van der Waals surface area (Å²) in [5.74, 6) is 1.22. The van der Waals surface area contributed by atoms with Crippen LogP contribution >= 0.6 is 22.6 Å². The second-order valence-corrected chi connectivity index (χ2v) is 9.15. The Balaban J connectivity index is 1.37. The molecule has 0 spiro atoms. The normalized spacial score (nSPS) is 17.1. The highest BCUT2D eigenvalue weighted by atomic mass is 127. The third-order valence-corrected chi connectivity index (χ3v) is 6.13. The van der Waals surface area contributed by atoms with Gasteiger partial charge in [-0.25, -0.2) is 0 Å². The first-order valence-corrected chi connectivity index (χ1v) is 11.2. The van der Waals surface area contributed by atoms with Gasteiger partial charge in [0.25, 0.3) is 0 Å². The van der Waals surface area contributed by atoms with E-state index >= 15 is 0 Å². The fourth-order valence-electron chi connectivity index (χ4n) is 3.75. The monoisotopic (exact) mass is 516 g/mol. The maximum absolute atomic E-state index is 12.8. The number of piperidine rings is 1. The molecule has 0 radical (unpaired) electrons. The molecule has 1 aromatic heterocycles. The second-order valence-electron chi connectivity index (χ2n) is 7.90. The Morgan fingerprint density at radius 1 is 1.23 bits per heavy atom. The number of hydrogen-bond acceptors (Lipinski definition) is 5. The maximum Gasteiger partial charge on any atom is 0.241 e. The summed E-state index contributed by atoms with van der Waals surface area (Å²) < 4.78 is 6.63. The zero-order valence-electron chi connectivity index (χ0n) is 17.2. The standard InChI is InChI=1S/C23H25IN4O2/c1-15-5-7-17(8-6-15)22-26-21(30-27-22)14-28-11-3-4-18(13-28)23(29)25-20-10-9-19(24)12-16(20)2/h5-10,12,18H,3-4,11,13-14H2,1-2H3,(H,25,29). The van der Waals surface area contributed by atoms with Gasteiger partial charge in [0.15, 0.2) is 0 Å². The van der Waals surface area contributed by atoms with Gasteiger partial charge in [0, 0.05) is 21.4 Å². The number of nitrogens with one attached hydrogen (secondary N) is 1. The minimum absolute atomic E-state index is 0.0445. The molecule has 6 nitrogen and oxygen atoms in total. The third kappa shape index (κ3) is 5.07. The smallest absolute Gasteiger partial charge is 0.241 e. The van der Waals surface area contributed by atoms with E-state index in [4.69, 9.17) is 4.52 Å². The van der Waals surface area contributed by atoms with Crippen molar-refractivity contribution in [2.75, 3.05) is 18.4 Å². The van der Waals surface area contributed by atoms with Crippen LogP contribution < -0.4 is 5.32 Å². The van der Waals surface area contributed by atoms with Gasteiger partial charge in [-0.3, -0.25) is 9.69 Å². The Hall–Kier alpha value is -2.26. The number of anilines is 1. The highest BCUT2D eigenvalue weighted by molar-refractivity contribution is 14.1. The lowest BCUT2D eigenvalue weighted by atomic mass is 9.97. The molecule has 1 aliphatic rings. The molecule has 7 heteroatoms. The number of nitrogens with zero attached hydrogens (tertiary/aromatic N) is 3. The van der Waals surface area contributed by atoms with E-state index < -0.39 is 0 Å². The van der Waals surface area contributed by atoms with Crippen LogP contribution in [0.15, 0.2) is 47.0 Å². The lowest BCUT2D eigenvalue weighted by Crippen LogP contribution is -2.40. The largest absolute Gasteiger partial charge is 0.338 e. The average Bonchev–Trinajstić information content (AvgIpc) is 3.19. The summed E-state index contributed by atoms with van der Waals surface area (Å²) in [6, 6.07) is 14.1. The van der Waals surface area contributed by atoms with Crippen LogP contribution in [0.5, 0.6) is 0 Å². The molecule has 1 fully saturated rings. The van der Waals surface area contributed by atoms with Crippen molar-refractivity contribution in [3.8, 4) is 11.4 Å². The molecule has 1 amide bonds. The van der Waals surface area contributed by atoms with Crippen molar-refractivity contribution < 1.29 is 9.32 Å². The Labute approximate surface area is 190 Å². The molecule has 2 heterocycles. The summed E-state index contributed by atoms with van der Waals surface area (Å²) in [7, 11) is 0. The number of aryl methyl sites for hydroxylation is 2. The van der Waals surface area contributed by atoms with Crippen molar-refractivity contribution in [3.63, 3.8) is 0 Å². The molecule has 1 saturated heterocycles. The molecule has 0 aliphatic carbocycles. The number of aromatic nitrogens is 2. The molecule has 2 aromatic carbocycles. The van der Waals surface area contributed by atoms with Gasteiger partial charge >= 0.3 is 0 Å². The van der Waals surface area contributed by atoms with Gasteiger partial charge in [0.2, 0.25) is 17.6 Å². The molecule has 156 valence electrons. The van der Waals surface area contributed by atoms with E-state index in [1.165, 1.54) is 5.56 Å². The number of amides is 1. The van der Waals surface area contributed by atoms with Gasteiger partial charge in [0.1, 0.15) is 0 Å². The number of carbonyl (C=O) groups is 1. The summed E-state index contributed by atoms with van der Waals surface area (Å²) in [4.78, 5) is 19.6. The molecule has 4 rings (SSSR count). The molecule has 1 N–H and O–H groups in total. The minimum atomic E-state index is -0.0445. The number of benzene rings is 2. The number of hydrogen-bond donors (Lipinski definition) is 1. The maximum atomic E-state index is 12.8. The van der Waals surface area contributed by atoms with Crippen molar-refractivity contribution >= 4 is 34.2 Å². The van der Waals surface area contributed by atoms with Crippen molar-refractivity contribution in [2.24, 2.45) is 5.92 Å². The van der Waals surface area contributed by atoms with Crippen molar-refractivity contribution in [1.82, 2.24) is 15.0 Å². The van der Waals surface area contributed by atoms with Crippen LogP contribution in [0, 0.1) is 23.3 Å². The quantitative estimate of drug-likeness (QED) is 0.493. The highest BCUT2D eigenvalue weighted by Gasteiger charge is 2.27. The summed E-state index contributed by atoms with van der Waals surface area (Å²) in [6.45, 7) is 6.25. The van der Waals surface area contributed by atoms with Gasteiger partial charge in [-0.15, -0.1) is 0 Å². The van der Waals surface area contributed by atoms with Gasteiger partial charge < -0.3 is 9.84 Å². The van der Waals surface area contributed by atoms with E-state index in [9.17, 15) is 4.79 Å². The Morgan fingerprint density at radius 3 is 2.80 bits per heavy atom. The molecule has 1 unspecified atom stereocenters. The zero-order valence-corrected chi connectivity index (χ0v) is 19.3. The van der Waals surface area contributed by atoms with Gasteiger partial charge in [-0.1, -0.05) is 35.0 Å². The topological polar surface area (TPSA) is 71.3 Å². The van der Waals surface area contributed by atoms with E-state index in [0.717, 1.165) is 39.8 Å². The summed E-state index contributed by atoms with van der Waals surface area (Å²) in [6.07, 6.45) is 1.87. The number of likely N-dealkylation sites (tertiary alicyclic amines) is 1. The lowest BCUT2D eigenvalue weighted by Gasteiger charge is -2.31. The van der Waals surface area contributed by atoms with Crippen LogP contribution in [-0.2, 0) is 11.3 Å². The van der Waals surface area contributed by atoms with Crippen LogP contribution in [0.2, 0.25) is 0 Å². The SMILES string of the molecule is Cc1ccc(-c2noc(CN3CCCC(C(=O)Nc4ccc(I)cc4C)C3)n2)cc1. The van der Waals surface area contributed by atoms with Crippen LogP contribution in [0.4, 0.5) is 5.69 Å². The summed E-state index contributed by atoms with van der Waals surface area (Å²) >= 11 is 2.28. The third-order valence-electron chi connectivity index (χ3n) is 5.46.